The molecule has 2 rings (SSSR count). The van der Waals surface area contributed by atoms with Crippen LogP contribution >= 0.6 is 0 Å². The molecule has 1 amide bonds. The fourth-order valence-electron chi connectivity index (χ4n) is 2.41. The van der Waals surface area contributed by atoms with E-state index in [1.54, 1.807) is 18.2 Å². The van der Waals surface area contributed by atoms with E-state index in [1.807, 2.05) is 19.0 Å². The van der Waals surface area contributed by atoms with Crippen LogP contribution in [-0.2, 0) is 9.84 Å². The molecule has 0 unspecified atom stereocenters. The van der Waals surface area contributed by atoms with Gasteiger partial charge in [0.1, 0.15) is 9.84 Å². The Balaban J connectivity index is 2.03. The molecule has 1 heterocycles. The third kappa shape index (κ3) is 3.87. The molecule has 3 N–H and O–H groups in total. The second kappa shape index (κ2) is 5.93. The summed E-state index contributed by atoms with van der Waals surface area (Å²) in [7, 11) is 0.851. The van der Waals surface area contributed by atoms with Gasteiger partial charge in [0.2, 0.25) is 0 Å². The molecule has 0 saturated carbocycles. The Morgan fingerprint density at radius 2 is 1.90 bits per heavy atom. The number of rotatable bonds is 3. The van der Waals surface area contributed by atoms with E-state index in [9.17, 15) is 13.2 Å². The fraction of sp³-hybridized carbons (Fsp3) is 0.500. The van der Waals surface area contributed by atoms with Crippen LogP contribution in [-0.4, -0.2) is 46.0 Å². The Kier molecular flexibility index (Phi) is 4.41. The van der Waals surface area contributed by atoms with E-state index in [4.69, 9.17) is 5.73 Å². The van der Waals surface area contributed by atoms with Crippen molar-refractivity contribution in [2.75, 3.05) is 36.2 Å². The highest BCUT2D eigenvalue weighted by molar-refractivity contribution is 7.91. The van der Waals surface area contributed by atoms with E-state index in [2.05, 4.69) is 5.32 Å². The lowest BCUT2D eigenvalue weighted by atomic mass is 10.1. The normalized spacial score (nSPS) is 18.2. The lowest BCUT2D eigenvalue weighted by Crippen LogP contribution is -2.40. The summed E-state index contributed by atoms with van der Waals surface area (Å²) in [5.41, 5.74) is 7.82. The van der Waals surface area contributed by atoms with Gasteiger partial charge in [-0.25, -0.2) is 8.42 Å². The topological polar surface area (TPSA) is 92.5 Å². The van der Waals surface area contributed by atoms with Crippen LogP contribution in [0.1, 0.15) is 23.2 Å². The summed E-state index contributed by atoms with van der Waals surface area (Å²) < 4.78 is 22.7. The highest BCUT2D eigenvalue weighted by Gasteiger charge is 2.25. The zero-order valence-electron chi connectivity index (χ0n) is 12.3. The van der Waals surface area contributed by atoms with Crippen LogP contribution in [0, 0.1) is 0 Å². The van der Waals surface area contributed by atoms with Crippen molar-refractivity contribution in [2.24, 2.45) is 0 Å². The molecule has 0 aliphatic carbocycles. The van der Waals surface area contributed by atoms with E-state index in [1.165, 1.54) is 0 Å². The van der Waals surface area contributed by atoms with Gasteiger partial charge in [-0.15, -0.1) is 0 Å². The van der Waals surface area contributed by atoms with Gasteiger partial charge in [0.25, 0.3) is 5.91 Å². The monoisotopic (exact) mass is 311 g/mol. The summed E-state index contributed by atoms with van der Waals surface area (Å²) in [6, 6.07) is 5.08. The minimum atomic E-state index is -2.91. The predicted octanol–water partition coefficient (Wildman–Crippen LogP) is 0.642. The predicted molar refractivity (Wildman–Crippen MR) is 84.3 cm³/mol. The van der Waals surface area contributed by atoms with Crippen molar-refractivity contribution in [2.45, 2.75) is 18.9 Å². The van der Waals surface area contributed by atoms with Crippen molar-refractivity contribution in [3.05, 3.63) is 23.8 Å². The number of hydrogen-bond acceptors (Lipinski definition) is 5. The molecule has 7 heteroatoms. The largest absolute Gasteiger partial charge is 0.397 e. The first-order chi connectivity index (χ1) is 9.78. The molecule has 6 nitrogen and oxygen atoms in total. The van der Waals surface area contributed by atoms with Crippen molar-refractivity contribution in [3.63, 3.8) is 0 Å². The molecule has 0 aromatic heterocycles. The average molecular weight is 311 g/mol. The summed E-state index contributed by atoms with van der Waals surface area (Å²) in [4.78, 5) is 14.1. The second-order valence-corrected chi connectivity index (χ2v) is 7.87. The number of carbonyl (C=O) groups excluding carboxylic acids is 1. The number of hydrogen-bond donors (Lipinski definition) is 2. The van der Waals surface area contributed by atoms with Crippen molar-refractivity contribution in [1.29, 1.82) is 0 Å². The van der Waals surface area contributed by atoms with Crippen molar-refractivity contribution >= 4 is 27.1 Å². The van der Waals surface area contributed by atoms with Gasteiger partial charge < -0.3 is 16.0 Å². The molecule has 0 atom stereocenters. The Morgan fingerprint density at radius 3 is 2.43 bits per heavy atom. The molecule has 0 spiro atoms. The summed E-state index contributed by atoms with van der Waals surface area (Å²) in [6.07, 6.45) is 0.943. The van der Waals surface area contributed by atoms with E-state index in [0.29, 0.717) is 24.1 Å². The number of nitrogens with zero attached hydrogens (tertiary/aromatic N) is 1. The van der Waals surface area contributed by atoms with Gasteiger partial charge in [-0.2, -0.15) is 0 Å². The summed E-state index contributed by atoms with van der Waals surface area (Å²) in [5, 5.41) is 2.88. The average Bonchev–Trinajstić information content (AvgIpc) is 2.40. The maximum Gasteiger partial charge on any atom is 0.251 e. The highest BCUT2D eigenvalue weighted by Crippen LogP contribution is 2.22. The van der Waals surface area contributed by atoms with Crippen molar-refractivity contribution < 1.29 is 13.2 Å². The Bertz CT molecular complexity index is 627. The van der Waals surface area contributed by atoms with Gasteiger partial charge >= 0.3 is 0 Å². The molecule has 0 bridgehead atoms. The number of benzene rings is 1. The van der Waals surface area contributed by atoms with E-state index in [-0.39, 0.29) is 23.5 Å². The molecule has 1 fully saturated rings. The maximum absolute atomic E-state index is 12.2. The smallest absolute Gasteiger partial charge is 0.251 e. The Morgan fingerprint density at radius 1 is 1.29 bits per heavy atom. The van der Waals surface area contributed by atoms with Crippen molar-refractivity contribution in [1.82, 2.24) is 5.32 Å². The second-order valence-electron chi connectivity index (χ2n) is 5.57. The SMILES string of the molecule is CN(C)c1ccc(C(=O)NC2CCS(=O)(=O)CC2)cc1N. The molecule has 116 valence electrons. The highest BCUT2D eigenvalue weighted by atomic mass is 32.2. The van der Waals surface area contributed by atoms with Crippen LogP contribution in [0.25, 0.3) is 0 Å². The minimum absolute atomic E-state index is 0.0872. The third-order valence-corrected chi connectivity index (χ3v) is 5.38. The molecule has 1 aromatic carbocycles. The van der Waals surface area contributed by atoms with Crippen LogP contribution < -0.4 is 16.0 Å². The molecule has 21 heavy (non-hydrogen) atoms. The first-order valence-electron chi connectivity index (χ1n) is 6.86. The van der Waals surface area contributed by atoms with E-state index < -0.39 is 9.84 Å². The molecular formula is C14H21N3O3S. The zero-order chi connectivity index (χ0) is 15.6. The number of anilines is 2. The number of amides is 1. The quantitative estimate of drug-likeness (QED) is 0.799. The van der Waals surface area contributed by atoms with Crippen LogP contribution in [0.4, 0.5) is 11.4 Å². The number of nitrogens with two attached hydrogens (primary N) is 1. The van der Waals surface area contributed by atoms with Gasteiger partial charge in [0.05, 0.1) is 22.9 Å². The van der Waals surface area contributed by atoms with Crippen molar-refractivity contribution in [3.8, 4) is 0 Å². The number of nitrogens with one attached hydrogen (secondary N) is 1. The fourth-order valence-corrected chi connectivity index (χ4v) is 3.90. The van der Waals surface area contributed by atoms with Gasteiger partial charge in [0, 0.05) is 25.7 Å². The van der Waals surface area contributed by atoms with Crippen LogP contribution in [0.3, 0.4) is 0 Å². The summed E-state index contributed by atoms with van der Waals surface area (Å²) >= 11 is 0. The zero-order valence-corrected chi connectivity index (χ0v) is 13.1. The maximum atomic E-state index is 12.2. The Labute approximate surface area is 125 Å². The van der Waals surface area contributed by atoms with Gasteiger partial charge in [-0.1, -0.05) is 0 Å². The molecular weight excluding hydrogens is 290 g/mol. The molecule has 1 aromatic rings. The Hall–Kier alpha value is -1.76. The minimum Gasteiger partial charge on any atom is -0.397 e. The standard InChI is InChI=1S/C14H21N3O3S/c1-17(2)13-4-3-10(9-12(13)15)14(18)16-11-5-7-21(19,20)8-6-11/h3-4,9,11H,5-8,15H2,1-2H3,(H,16,18). The van der Waals surface area contributed by atoms with Gasteiger partial charge in [0.15, 0.2) is 0 Å². The van der Waals surface area contributed by atoms with E-state index >= 15 is 0 Å². The molecule has 0 radical (unpaired) electrons. The first-order valence-corrected chi connectivity index (χ1v) is 8.69. The van der Waals surface area contributed by atoms with Gasteiger partial charge in [-0.05, 0) is 31.0 Å². The third-order valence-electron chi connectivity index (χ3n) is 3.66. The number of sulfone groups is 1. The molecule has 1 aliphatic heterocycles. The molecule has 1 aliphatic rings. The molecule has 1 saturated heterocycles. The first kappa shape index (κ1) is 15.6. The van der Waals surface area contributed by atoms with Crippen LogP contribution in [0.2, 0.25) is 0 Å². The number of carbonyl (C=O) groups is 1. The lowest BCUT2D eigenvalue weighted by Gasteiger charge is -2.23. The number of nitrogen functional groups attached to an aromatic ring is 1. The van der Waals surface area contributed by atoms with E-state index in [0.717, 1.165) is 5.69 Å². The summed E-state index contributed by atoms with van der Waals surface area (Å²) in [6.45, 7) is 0. The van der Waals surface area contributed by atoms with Crippen LogP contribution in [0.15, 0.2) is 18.2 Å². The lowest BCUT2D eigenvalue weighted by molar-refractivity contribution is 0.0934. The van der Waals surface area contributed by atoms with Crippen LogP contribution in [0.5, 0.6) is 0 Å². The van der Waals surface area contributed by atoms with Gasteiger partial charge in [-0.3, -0.25) is 4.79 Å². The summed E-state index contributed by atoms with van der Waals surface area (Å²) in [5.74, 6) is 0.0653.